The molecule has 0 spiro atoms. The van der Waals surface area contributed by atoms with Gasteiger partial charge < -0.3 is 10.1 Å². The Hall–Kier alpha value is -3.51. The molecule has 0 saturated carbocycles. The standard InChI is InChI=1S/C28H25BrN2O3/c1-16(2)34-28(33)20-7-11-22(12-8-20)30-27(32)24-15-25(19-5-9-21(29)10-6-19)31-26-18(4)13-17(3)14-23(24)26/h5-16H,1-4H3,(H,30,32). The van der Waals surface area contributed by atoms with E-state index in [-0.39, 0.29) is 12.0 Å². The first-order valence-corrected chi connectivity index (χ1v) is 11.8. The van der Waals surface area contributed by atoms with Gasteiger partial charge in [-0.2, -0.15) is 0 Å². The highest BCUT2D eigenvalue weighted by Crippen LogP contribution is 2.29. The first kappa shape index (κ1) is 23.6. The van der Waals surface area contributed by atoms with Crippen molar-refractivity contribution in [3.05, 3.63) is 93.5 Å². The maximum atomic E-state index is 13.4. The molecule has 0 atom stereocenters. The SMILES string of the molecule is Cc1cc(C)c2nc(-c3ccc(Br)cc3)cc(C(=O)Nc3ccc(C(=O)OC(C)C)cc3)c2c1. The summed E-state index contributed by atoms with van der Waals surface area (Å²) in [6.07, 6.45) is -0.196. The molecule has 4 aromatic rings. The van der Waals surface area contributed by atoms with Crippen molar-refractivity contribution in [1.29, 1.82) is 0 Å². The zero-order valence-electron chi connectivity index (χ0n) is 19.5. The zero-order chi connectivity index (χ0) is 24.4. The number of esters is 1. The fraction of sp³-hybridized carbons (Fsp3) is 0.179. The van der Waals surface area contributed by atoms with Crippen LogP contribution in [-0.4, -0.2) is 23.0 Å². The van der Waals surface area contributed by atoms with Gasteiger partial charge in [0.05, 0.1) is 28.4 Å². The number of carbonyl (C=O) groups is 2. The molecule has 1 N–H and O–H groups in total. The van der Waals surface area contributed by atoms with Crippen LogP contribution < -0.4 is 5.32 Å². The average Bonchev–Trinajstić information content (AvgIpc) is 2.79. The number of ether oxygens (including phenoxy) is 1. The third kappa shape index (κ3) is 5.18. The Kier molecular flexibility index (Phi) is 6.80. The second-order valence-electron chi connectivity index (χ2n) is 8.53. The second kappa shape index (κ2) is 9.77. The van der Waals surface area contributed by atoms with Gasteiger partial charge >= 0.3 is 5.97 Å². The summed E-state index contributed by atoms with van der Waals surface area (Å²) in [4.78, 5) is 30.4. The van der Waals surface area contributed by atoms with Crippen molar-refractivity contribution < 1.29 is 14.3 Å². The molecule has 0 fully saturated rings. The van der Waals surface area contributed by atoms with E-state index in [1.165, 1.54) is 0 Å². The van der Waals surface area contributed by atoms with Crippen LogP contribution in [0.4, 0.5) is 5.69 Å². The summed E-state index contributed by atoms with van der Waals surface area (Å²) in [5.74, 6) is -0.633. The van der Waals surface area contributed by atoms with Crippen molar-refractivity contribution >= 4 is 44.4 Å². The highest BCUT2D eigenvalue weighted by atomic mass is 79.9. The fourth-order valence-corrected chi connectivity index (χ4v) is 4.07. The number of amides is 1. The van der Waals surface area contributed by atoms with E-state index in [9.17, 15) is 9.59 Å². The Morgan fingerprint density at radius 1 is 0.941 bits per heavy atom. The molecule has 6 heteroatoms. The Morgan fingerprint density at radius 2 is 1.62 bits per heavy atom. The summed E-state index contributed by atoms with van der Waals surface area (Å²) in [5.41, 5.74) is 6.08. The molecule has 0 aliphatic rings. The van der Waals surface area contributed by atoms with Crippen LogP contribution in [0.5, 0.6) is 0 Å². The molecule has 1 aromatic heterocycles. The number of nitrogens with one attached hydrogen (secondary N) is 1. The Balaban J connectivity index is 1.71. The van der Waals surface area contributed by atoms with Crippen LogP contribution in [0.3, 0.4) is 0 Å². The summed E-state index contributed by atoms with van der Waals surface area (Å²) < 4.78 is 6.20. The lowest BCUT2D eigenvalue weighted by Crippen LogP contribution is -2.14. The van der Waals surface area contributed by atoms with Gasteiger partial charge in [-0.15, -0.1) is 0 Å². The topological polar surface area (TPSA) is 68.3 Å². The molecule has 0 radical (unpaired) electrons. The number of aromatic nitrogens is 1. The molecular formula is C28H25BrN2O3. The summed E-state index contributed by atoms with van der Waals surface area (Å²) in [5, 5.41) is 3.76. The number of hydrogen-bond acceptors (Lipinski definition) is 4. The lowest BCUT2D eigenvalue weighted by molar-refractivity contribution is 0.0378. The molecule has 34 heavy (non-hydrogen) atoms. The molecule has 4 rings (SSSR count). The third-order valence-corrected chi connectivity index (χ3v) is 5.88. The van der Waals surface area contributed by atoms with Gasteiger partial charge in [-0.05, 0) is 81.8 Å². The lowest BCUT2D eigenvalue weighted by atomic mass is 9.99. The minimum atomic E-state index is -0.391. The lowest BCUT2D eigenvalue weighted by Gasteiger charge is -2.13. The number of nitrogens with zero attached hydrogens (tertiary/aromatic N) is 1. The molecule has 0 aliphatic carbocycles. The normalized spacial score (nSPS) is 11.0. The van der Waals surface area contributed by atoms with E-state index in [1.807, 2.05) is 50.2 Å². The number of fused-ring (bicyclic) bond motifs is 1. The van der Waals surface area contributed by atoms with Crippen LogP contribution in [0.1, 0.15) is 45.7 Å². The highest BCUT2D eigenvalue weighted by Gasteiger charge is 2.17. The number of anilines is 1. The van der Waals surface area contributed by atoms with Crippen molar-refractivity contribution in [2.75, 3.05) is 5.32 Å². The van der Waals surface area contributed by atoms with Gasteiger partial charge in [0.15, 0.2) is 0 Å². The third-order valence-electron chi connectivity index (χ3n) is 5.35. The minimum absolute atomic E-state index is 0.196. The van der Waals surface area contributed by atoms with E-state index in [2.05, 4.69) is 27.3 Å². The van der Waals surface area contributed by atoms with Gasteiger partial charge in [0.1, 0.15) is 0 Å². The number of carbonyl (C=O) groups excluding carboxylic acids is 2. The van der Waals surface area contributed by atoms with Crippen molar-refractivity contribution in [3.8, 4) is 11.3 Å². The smallest absolute Gasteiger partial charge is 0.338 e. The van der Waals surface area contributed by atoms with Crippen LogP contribution >= 0.6 is 15.9 Å². The Bertz CT molecular complexity index is 1380. The zero-order valence-corrected chi connectivity index (χ0v) is 21.1. The highest BCUT2D eigenvalue weighted by molar-refractivity contribution is 9.10. The van der Waals surface area contributed by atoms with Crippen LogP contribution in [0, 0.1) is 13.8 Å². The number of benzene rings is 3. The number of pyridine rings is 1. The maximum Gasteiger partial charge on any atom is 0.338 e. The van der Waals surface area contributed by atoms with Crippen molar-refractivity contribution in [3.63, 3.8) is 0 Å². The van der Waals surface area contributed by atoms with Crippen LogP contribution in [0.2, 0.25) is 0 Å². The molecule has 1 amide bonds. The largest absolute Gasteiger partial charge is 0.459 e. The van der Waals surface area contributed by atoms with Crippen molar-refractivity contribution in [2.45, 2.75) is 33.8 Å². The molecule has 0 aliphatic heterocycles. The molecule has 172 valence electrons. The van der Waals surface area contributed by atoms with Gasteiger partial charge in [-0.3, -0.25) is 4.79 Å². The van der Waals surface area contributed by atoms with Gasteiger partial charge in [0.25, 0.3) is 5.91 Å². The van der Waals surface area contributed by atoms with Crippen LogP contribution in [0.15, 0.2) is 71.2 Å². The summed E-state index contributed by atoms with van der Waals surface area (Å²) in [6.45, 7) is 7.62. The predicted octanol–water partition coefficient (Wildman–Crippen LogP) is 7.10. The van der Waals surface area contributed by atoms with Crippen LogP contribution in [-0.2, 0) is 4.74 Å². The van der Waals surface area contributed by atoms with E-state index in [1.54, 1.807) is 38.1 Å². The molecule has 3 aromatic carbocycles. The first-order valence-electron chi connectivity index (χ1n) is 11.0. The van der Waals surface area contributed by atoms with Crippen LogP contribution in [0.25, 0.3) is 22.2 Å². The van der Waals surface area contributed by atoms with E-state index < -0.39 is 5.97 Å². The van der Waals surface area contributed by atoms with Crippen molar-refractivity contribution in [2.24, 2.45) is 0 Å². The van der Waals surface area contributed by atoms with Gasteiger partial charge in [0.2, 0.25) is 0 Å². The molecule has 0 bridgehead atoms. The van der Waals surface area contributed by atoms with E-state index >= 15 is 0 Å². The molecule has 0 unspecified atom stereocenters. The summed E-state index contributed by atoms with van der Waals surface area (Å²) in [6, 6.07) is 20.4. The molecular weight excluding hydrogens is 492 g/mol. The maximum absolute atomic E-state index is 13.4. The number of hydrogen-bond donors (Lipinski definition) is 1. The summed E-state index contributed by atoms with van der Waals surface area (Å²) >= 11 is 3.46. The Morgan fingerprint density at radius 3 is 2.26 bits per heavy atom. The second-order valence-corrected chi connectivity index (χ2v) is 9.44. The summed E-state index contributed by atoms with van der Waals surface area (Å²) in [7, 11) is 0. The predicted molar refractivity (Wildman–Crippen MR) is 139 cm³/mol. The fourth-order valence-electron chi connectivity index (χ4n) is 3.81. The van der Waals surface area contributed by atoms with Gasteiger partial charge in [-0.25, -0.2) is 9.78 Å². The quantitative estimate of drug-likeness (QED) is 0.287. The monoisotopic (exact) mass is 516 g/mol. The molecule has 1 heterocycles. The van der Waals surface area contributed by atoms with E-state index in [4.69, 9.17) is 9.72 Å². The van der Waals surface area contributed by atoms with Gasteiger partial charge in [0, 0.05) is 21.1 Å². The van der Waals surface area contributed by atoms with Gasteiger partial charge in [-0.1, -0.05) is 39.7 Å². The molecule has 0 saturated heterocycles. The number of halogens is 1. The number of rotatable bonds is 5. The first-order chi connectivity index (χ1) is 16.2. The Labute approximate surface area is 207 Å². The molecule has 5 nitrogen and oxygen atoms in total. The van der Waals surface area contributed by atoms with Crippen molar-refractivity contribution in [1.82, 2.24) is 4.98 Å². The number of aryl methyl sites for hydroxylation is 2. The van der Waals surface area contributed by atoms with E-state index in [0.29, 0.717) is 16.8 Å². The average molecular weight is 517 g/mol. The minimum Gasteiger partial charge on any atom is -0.459 e. The van der Waals surface area contributed by atoms with E-state index in [0.717, 1.165) is 37.8 Å².